The number of aliphatic hydroxyl groups excluding tert-OH is 2. The highest BCUT2D eigenvalue weighted by atomic mass is 127. The number of aliphatic hydroxyl groups is 2. The third-order valence-electron chi connectivity index (χ3n) is 4.76. The van der Waals surface area contributed by atoms with Gasteiger partial charge in [0.15, 0.2) is 0 Å². The highest BCUT2D eigenvalue weighted by molar-refractivity contribution is 14.1. The number of alkyl halides is 1. The zero-order valence-electron chi connectivity index (χ0n) is 12.8. The summed E-state index contributed by atoms with van der Waals surface area (Å²) in [7, 11) is 0. The number of rotatable bonds is 7. The molecule has 5 atom stereocenters. The molecule has 0 aromatic rings. The summed E-state index contributed by atoms with van der Waals surface area (Å²) in [5.41, 5.74) is -0.180. The van der Waals surface area contributed by atoms with E-state index in [4.69, 9.17) is 14.6 Å². The van der Waals surface area contributed by atoms with Crippen LogP contribution in [0, 0.1) is 5.92 Å². The molecule has 2 aliphatic rings. The number of hydrogen-bond acceptors (Lipinski definition) is 4. The minimum absolute atomic E-state index is 0.0744. The SMILES string of the molecule is C=C(O)[C@H](C)CC1CC[C@@H]2OC(CCCO)CC2(CI)O1. The molecule has 3 unspecified atom stereocenters. The van der Waals surface area contributed by atoms with Gasteiger partial charge in [-0.25, -0.2) is 0 Å². The monoisotopic (exact) mass is 410 g/mol. The Morgan fingerprint density at radius 1 is 1.43 bits per heavy atom. The molecule has 2 N–H and O–H groups in total. The highest BCUT2D eigenvalue weighted by Gasteiger charge is 2.52. The third kappa shape index (κ3) is 4.12. The Morgan fingerprint density at radius 2 is 2.19 bits per heavy atom. The van der Waals surface area contributed by atoms with Gasteiger partial charge < -0.3 is 19.7 Å². The normalized spacial score (nSPS) is 37.2. The van der Waals surface area contributed by atoms with Crippen LogP contribution in [0.4, 0.5) is 0 Å². The van der Waals surface area contributed by atoms with Gasteiger partial charge in [0.1, 0.15) is 5.60 Å². The van der Waals surface area contributed by atoms with E-state index in [-0.39, 0.29) is 42.2 Å². The molecule has 2 fully saturated rings. The largest absolute Gasteiger partial charge is 0.513 e. The van der Waals surface area contributed by atoms with E-state index in [0.29, 0.717) is 0 Å². The smallest absolute Gasteiger partial charge is 0.106 e. The summed E-state index contributed by atoms with van der Waals surface area (Å²) < 4.78 is 13.5. The Kier molecular flexibility index (Phi) is 6.35. The molecule has 0 amide bonds. The lowest BCUT2D eigenvalue weighted by molar-refractivity contribution is -0.156. The topological polar surface area (TPSA) is 58.9 Å². The Hall–Kier alpha value is 0.150. The van der Waals surface area contributed by atoms with Gasteiger partial charge in [0.05, 0.1) is 24.1 Å². The molecule has 0 aliphatic carbocycles. The maximum absolute atomic E-state index is 9.50. The lowest BCUT2D eigenvalue weighted by atomic mass is 9.86. The maximum atomic E-state index is 9.50. The van der Waals surface area contributed by atoms with Gasteiger partial charge in [-0.2, -0.15) is 0 Å². The van der Waals surface area contributed by atoms with Gasteiger partial charge in [0.25, 0.3) is 0 Å². The number of allylic oxidation sites excluding steroid dienone is 1. The minimum atomic E-state index is -0.180. The van der Waals surface area contributed by atoms with Crippen LogP contribution in [0.3, 0.4) is 0 Å². The van der Waals surface area contributed by atoms with Crippen molar-refractivity contribution in [3.8, 4) is 0 Å². The first-order chi connectivity index (χ1) is 10.0. The van der Waals surface area contributed by atoms with Gasteiger partial charge in [0, 0.05) is 23.4 Å². The molecular weight excluding hydrogens is 383 g/mol. The van der Waals surface area contributed by atoms with Gasteiger partial charge in [-0.1, -0.05) is 36.1 Å². The van der Waals surface area contributed by atoms with E-state index in [1.54, 1.807) is 0 Å². The lowest BCUT2D eigenvalue weighted by Gasteiger charge is -2.41. The van der Waals surface area contributed by atoms with Crippen LogP contribution in [0.1, 0.15) is 45.4 Å². The average molecular weight is 410 g/mol. The molecule has 21 heavy (non-hydrogen) atoms. The van der Waals surface area contributed by atoms with E-state index >= 15 is 0 Å². The number of ether oxygens (including phenoxy) is 2. The van der Waals surface area contributed by atoms with Gasteiger partial charge in [0.2, 0.25) is 0 Å². The fraction of sp³-hybridized carbons (Fsp3) is 0.875. The van der Waals surface area contributed by atoms with E-state index in [1.165, 1.54) is 0 Å². The van der Waals surface area contributed by atoms with Crippen molar-refractivity contribution in [3.05, 3.63) is 12.3 Å². The van der Waals surface area contributed by atoms with E-state index < -0.39 is 0 Å². The molecule has 122 valence electrons. The fourth-order valence-corrected chi connectivity index (χ4v) is 4.44. The van der Waals surface area contributed by atoms with Crippen LogP contribution in [0.2, 0.25) is 0 Å². The average Bonchev–Trinajstić information content (AvgIpc) is 2.83. The lowest BCUT2D eigenvalue weighted by Crippen LogP contribution is -2.50. The van der Waals surface area contributed by atoms with Gasteiger partial charge in [-0.05, 0) is 32.1 Å². The van der Waals surface area contributed by atoms with Gasteiger partial charge in [-0.3, -0.25) is 0 Å². The predicted octanol–water partition coefficient (Wildman–Crippen LogP) is 3.37. The molecule has 0 saturated carbocycles. The Bertz CT molecular complexity index is 362. The summed E-state index contributed by atoms with van der Waals surface area (Å²) in [6.07, 6.45) is 6.01. The predicted molar refractivity (Wildman–Crippen MR) is 90.9 cm³/mol. The quantitative estimate of drug-likeness (QED) is 0.384. The van der Waals surface area contributed by atoms with Crippen molar-refractivity contribution in [2.24, 2.45) is 5.92 Å². The van der Waals surface area contributed by atoms with Crippen LogP contribution in [0.25, 0.3) is 0 Å². The molecule has 2 heterocycles. The summed E-state index contributed by atoms with van der Waals surface area (Å²) >= 11 is 2.40. The molecule has 4 nitrogen and oxygen atoms in total. The summed E-state index contributed by atoms with van der Waals surface area (Å²) in [5, 5.41) is 18.5. The van der Waals surface area contributed by atoms with Crippen LogP contribution in [-0.4, -0.2) is 45.2 Å². The number of halogens is 1. The molecule has 2 saturated heterocycles. The molecular formula is C16H27IO4. The molecule has 0 bridgehead atoms. The van der Waals surface area contributed by atoms with Crippen LogP contribution >= 0.6 is 22.6 Å². The van der Waals surface area contributed by atoms with E-state index in [1.807, 2.05) is 6.92 Å². The fourth-order valence-electron chi connectivity index (χ4n) is 3.46. The Labute approximate surface area is 141 Å². The second-order valence-corrected chi connectivity index (χ2v) is 7.22. The van der Waals surface area contributed by atoms with E-state index in [9.17, 15) is 5.11 Å². The summed E-state index contributed by atoms with van der Waals surface area (Å²) in [5.74, 6) is 0.318. The van der Waals surface area contributed by atoms with Crippen molar-refractivity contribution < 1.29 is 19.7 Å². The summed E-state index contributed by atoms with van der Waals surface area (Å²) in [6.45, 7) is 5.83. The van der Waals surface area contributed by atoms with Crippen molar-refractivity contribution in [1.29, 1.82) is 0 Å². The first kappa shape index (κ1) is 17.5. The third-order valence-corrected chi connectivity index (χ3v) is 6.06. The van der Waals surface area contributed by atoms with Gasteiger partial charge >= 0.3 is 0 Å². The zero-order valence-corrected chi connectivity index (χ0v) is 14.9. The summed E-state index contributed by atoms with van der Waals surface area (Å²) in [6, 6.07) is 0. The summed E-state index contributed by atoms with van der Waals surface area (Å²) in [4.78, 5) is 0. The van der Waals surface area contributed by atoms with Crippen molar-refractivity contribution in [2.45, 2.75) is 69.4 Å². The zero-order chi connectivity index (χ0) is 15.5. The molecule has 0 aromatic carbocycles. The Morgan fingerprint density at radius 3 is 2.81 bits per heavy atom. The standard InChI is InChI=1S/C16H27IO4/c1-11(12(2)19)8-13-5-6-15-16(10-17,21-13)9-14(20-15)4-3-7-18/h11,13-15,18-19H,2-10H2,1H3/t11-,13?,14?,15+,16?/m1/s1. The maximum Gasteiger partial charge on any atom is 0.106 e. The molecule has 0 aromatic heterocycles. The van der Waals surface area contributed by atoms with Crippen LogP contribution in [-0.2, 0) is 9.47 Å². The first-order valence-corrected chi connectivity index (χ1v) is 9.41. The van der Waals surface area contributed by atoms with Crippen LogP contribution < -0.4 is 0 Å². The molecule has 2 aliphatic heterocycles. The number of hydrogen-bond donors (Lipinski definition) is 2. The second kappa shape index (κ2) is 7.62. The second-order valence-electron chi connectivity index (χ2n) is 6.46. The van der Waals surface area contributed by atoms with Crippen molar-refractivity contribution in [2.75, 3.05) is 11.0 Å². The minimum Gasteiger partial charge on any atom is -0.513 e. The van der Waals surface area contributed by atoms with E-state index in [2.05, 4.69) is 29.2 Å². The molecule has 2 rings (SSSR count). The molecule has 0 radical (unpaired) electrons. The Balaban J connectivity index is 1.96. The van der Waals surface area contributed by atoms with Crippen LogP contribution in [0.15, 0.2) is 12.3 Å². The van der Waals surface area contributed by atoms with Crippen molar-refractivity contribution >= 4 is 22.6 Å². The first-order valence-electron chi connectivity index (χ1n) is 7.88. The van der Waals surface area contributed by atoms with Crippen LogP contribution in [0.5, 0.6) is 0 Å². The van der Waals surface area contributed by atoms with Crippen molar-refractivity contribution in [3.63, 3.8) is 0 Å². The molecule has 0 spiro atoms. The van der Waals surface area contributed by atoms with E-state index in [0.717, 1.165) is 43.0 Å². The van der Waals surface area contributed by atoms with Gasteiger partial charge in [-0.15, -0.1) is 0 Å². The molecule has 5 heteroatoms. The van der Waals surface area contributed by atoms with Crippen molar-refractivity contribution in [1.82, 2.24) is 0 Å². The number of fused-ring (bicyclic) bond motifs is 1. The highest BCUT2D eigenvalue weighted by Crippen LogP contribution is 2.45.